The largest absolute Gasteiger partial charge is 0.329 e. The maximum Gasteiger partial charge on any atom is 0.0471 e. The fraction of sp³-hybridized carbons (Fsp3) is 0.571. The molecule has 0 aliphatic carbocycles. The number of halogens is 1. The summed E-state index contributed by atoms with van der Waals surface area (Å²) in [6, 6.07) is 7.21. The Morgan fingerprint density at radius 2 is 2.33 bits per heavy atom. The summed E-state index contributed by atoms with van der Waals surface area (Å²) in [6.07, 6.45) is 1.26. The molecule has 2 nitrogen and oxygen atoms in total. The molecule has 0 amide bonds. The van der Waals surface area contributed by atoms with Crippen molar-refractivity contribution in [2.45, 2.75) is 25.4 Å². The van der Waals surface area contributed by atoms with Gasteiger partial charge >= 0.3 is 0 Å². The lowest BCUT2D eigenvalue weighted by molar-refractivity contribution is 0.193. The van der Waals surface area contributed by atoms with Crippen molar-refractivity contribution in [1.29, 1.82) is 0 Å². The highest BCUT2D eigenvalue weighted by atomic mass is 35.5. The average Bonchev–Trinajstić information content (AvgIpc) is 2.88. The van der Waals surface area contributed by atoms with Gasteiger partial charge in [-0.1, -0.05) is 23.7 Å². The van der Waals surface area contributed by atoms with Gasteiger partial charge in [0, 0.05) is 29.4 Å². The Balaban J connectivity index is 2.18. The van der Waals surface area contributed by atoms with E-state index in [4.69, 9.17) is 17.3 Å². The van der Waals surface area contributed by atoms with Crippen LogP contribution in [0.1, 0.15) is 23.6 Å². The Morgan fingerprint density at radius 1 is 1.56 bits per heavy atom. The SMILES string of the molecule is Cc1ccc(C(CN)N(C)C2CCSC2)cc1Cl. The zero-order chi connectivity index (χ0) is 13.1. The Bertz CT molecular complexity index is 405. The van der Waals surface area contributed by atoms with Gasteiger partial charge in [-0.3, -0.25) is 4.90 Å². The third kappa shape index (κ3) is 3.02. The number of nitrogens with zero attached hydrogens (tertiary/aromatic N) is 1. The number of rotatable bonds is 4. The molecule has 18 heavy (non-hydrogen) atoms. The molecule has 2 unspecified atom stereocenters. The van der Waals surface area contributed by atoms with Gasteiger partial charge in [0.25, 0.3) is 0 Å². The van der Waals surface area contributed by atoms with Crippen LogP contribution >= 0.6 is 23.4 Å². The number of hydrogen-bond acceptors (Lipinski definition) is 3. The monoisotopic (exact) mass is 284 g/mol. The van der Waals surface area contributed by atoms with Crippen LogP contribution in [0, 0.1) is 6.92 Å². The summed E-state index contributed by atoms with van der Waals surface area (Å²) in [6.45, 7) is 2.66. The van der Waals surface area contributed by atoms with Crippen molar-refractivity contribution in [3.8, 4) is 0 Å². The number of thioether (sulfide) groups is 1. The smallest absolute Gasteiger partial charge is 0.0471 e. The molecule has 0 spiro atoms. The second-order valence-corrected chi connectivity index (χ2v) is 6.50. The number of likely N-dealkylation sites (N-methyl/N-ethyl adjacent to an activating group) is 1. The third-order valence-electron chi connectivity index (χ3n) is 3.78. The van der Waals surface area contributed by atoms with E-state index in [2.05, 4.69) is 30.1 Å². The molecule has 1 aliphatic rings. The minimum Gasteiger partial charge on any atom is -0.329 e. The molecule has 0 saturated carbocycles. The Hall–Kier alpha value is -0.220. The van der Waals surface area contributed by atoms with Gasteiger partial charge in [0.15, 0.2) is 0 Å². The molecule has 1 saturated heterocycles. The number of aryl methyl sites for hydroxylation is 1. The first-order valence-electron chi connectivity index (χ1n) is 6.39. The quantitative estimate of drug-likeness (QED) is 0.921. The van der Waals surface area contributed by atoms with Gasteiger partial charge in [-0.25, -0.2) is 0 Å². The van der Waals surface area contributed by atoms with Crippen LogP contribution in [0.4, 0.5) is 0 Å². The normalized spacial score (nSPS) is 21.5. The highest BCUT2D eigenvalue weighted by Crippen LogP contribution is 2.30. The topological polar surface area (TPSA) is 29.3 Å². The molecule has 0 bridgehead atoms. The van der Waals surface area contributed by atoms with Gasteiger partial charge in [0.05, 0.1) is 0 Å². The Kier molecular flexibility index (Phi) is 4.96. The maximum absolute atomic E-state index is 6.22. The third-order valence-corrected chi connectivity index (χ3v) is 5.33. The van der Waals surface area contributed by atoms with Crippen LogP contribution in [0.3, 0.4) is 0 Å². The highest BCUT2D eigenvalue weighted by molar-refractivity contribution is 7.99. The summed E-state index contributed by atoms with van der Waals surface area (Å²) < 4.78 is 0. The van der Waals surface area contributed by atoms with Crippen molar-refractivity contribution in [2.24, 2.45) is 5.73 Å². The molecule has 1 aromatic carbocycles. The van der Waals surface area contributed by atoms with Crippen LogP contribution in [0.5, 0.6) is 0 Å². The zero-order valence-corrected chi connectivity index (χ0v) is 12.6. The van der Waals surface area contributed by atoms with Crippen LogP contribution in [-0.4, -0.2) is 36.0 Å². The van der Waals surface area contributed by atoms with E-state index in [1.807, 2.05) is 18.7 Å². The van der Waals surface area contributed by atoms with Gasteiger partial charge in [-0.2, -0.15) is 11.8 Å². The predicted octanol–water partition coefficient (Wildman–Crippen LogP) is 3.09. The molecule has 4 heteroatoms. The Morgan fingerprint density at radius 3 is 2.89 bits per heavy atom. The van der Waals surface area contributed by atoms with E-state index in [1.165, 1.54) is 23.5 Å². The van der Waals surface area contributed by atoms with E-state index >= 15 is 0 Å². The van der Waals surface area contributed by atoms with E-state index < -0.39 is 0 Å². The van der Waals surface area contributed by atoms with Crippen molar-refractivity contribution >= 4 is 23.4 Å². The molecule has 1 fully saturated rings. The van der Waals surface area contributed by atoms with Crippen LogP contribution in [-0.2, 0) is 0 Å². The van der Waals surface area contributed by atoms with Gasteiger partial charge in [0.1, 0.15) is 0 Å². The standard InChI is InChI=1S/C14H21ClN2S/c1-10-3-4-11(7-13(10)15)14(8-16)17(2)12-5-6-18-9-12/h3-4,7,12,14H,5-6,8-9,16H2,1-2H3. The van der Waals surface area contributed by atoms with E-state index in [0.29, 0.717) is 12.6 Å². The van der Waals surface area contributed by atoms with Gasteiger partial charge in [0.2, 0.25) is 0 Å². The summed E-state index contributed by atoms with van der Waals surface area (Å²) in [5, 5.41) is 0.833. The summed E-state index contributed by atoms with van der Waals surface area (Å²) >= 11 is 8.25. The summed E-state index contributed by atoms with van der Waals surface area (Å²) in [5.41, 5.74) is 8.32. The molecule has 2 N–H and O–H groups in total. The summed E-state index contributed by atoms with van der Waals surface area (Å²) in [4.78, 5) is 2.42. The molecule has 1 aromatic rings. The van der Waals surface area contributed by atoms with E-state index in [1.54, 1.807) is 0 Å². The first-order valence-corrected chi connectivity index (χ1v) is 7.92. The van der Waals surface area contributed by atoms with E-state index in [-0.39, 0.29) is 6.04 Å². The van der Waals surface area contributed by atoms with Gasteiger partial charge in [-0.15, -0.1) is 0 Å². The van der Waals surface area contributed by atoms with Crippen molar-refractivity contribution in [3.63, 3.8) is 0 Å². The minimum absolute atomic E-state index is 0.270. The summed E-state index contributed by atoms with van der Waals surface area (Å²) in [7, 11) is 2.18. The molecule has 0 aromatic heterocycles. The molecule has 1 heterocycles. The average molecular weight is 285 g/mol. The minimum atomic E-state index is 0.270. The van der Waals surface area contributed by atoms with Crippen molar-refractivity contribution < 1.29 is 0 Å². The summed E-state index contributed by atoms with van der Waals surface area (Å²) in [5.74, 6) is 2.48. The molecule has 1 aliphatic heterocycles. The first kappa shape index (κ1) is 14.2. The highest BCUT2D eigenvalue weighted by Gasteiger charge is 2.26. The van der Waals surface area contributed by atoms with Crippen LogP contribution < -0.4 is 5.73 Å². The Labute approximate surface area is 119 Å². The first-order chi connectivity index (χ1) is 8.63. The van der Waals surface area contributed by atoms with Crippen LogP contribution in [0.2, 0.25) is 5.02 Å². The van der Waals surface area contributed by atoms with E-state index in [0.717, 1.165) is 10.6 Å². The molecule has 0 radical (unpaired) electrons. The van der Waals surface area contributed by atoms with Gasteiger partial charge in [-0.05, 0) is 43.3 Å². The number of hydrogen-bond donors (Lipinski definition) is 1. The second-order valence-electron chi connectivity index (χ2n) is 4.94. The molecular weight excluding hydrogens is 264 g/mol. The van der Waals surface area contributed by atoms with Crippen molar-refractivity contribution in [3.05, 3.63) is 34.3 Å². The lowest BCUT2D eigenvalue weighted by Crippen LogP contribution is -2.38. The fourth-order valence-corrected chi connectivity index (χ4v) is 3.92. The maximum atomic E-state index is 6.22. The van der Waals surface area contributed by atoms with Crippen molar-refractivity contribution in [1.82, 2.24) is 4.90 Å². The molecule has 2 rings (SSSR count). The van der Waals surface area contributed by atoms with E-state index in [9.17, 15) is 0 Å². The second kappa shape index (κ2) is 6.29. The lowest BCUT2D eigenvalue weighted by atomic mass is 10.0. The predicted molar refractivity (Wildman–Crippen MR) is 81.5 cm³/mol. The number of nitrogens with two attached hydrogens (primary N) is 1. The van der Waals surface area contributed by atoms with Gasteiger partial charge < -0.3 is 5.73 Å². The van der Waals surface area contributed by atoms with Crippen LogP contribution in [0.15, 0.2) is 18.2 Å². The molecule has 2 atom stereocenters. The number of benzene rings is 1. The lowest BCUT2D eigenvalue weighted by Gasteiger charge is -2.32. The molecular formula is C14H21ClN2S. The van der Waals surface area contributed by atoms with Crippen LogP contribution in [0.25, 0.3) is 0 Å². The zero-order valence-electron chi connectivity index (χ0n) is 11.0. The fourth-order valence-electron chi connectivity index (χ4n) is 2.45. The molecule has 100 valence electrons. The van der Waals surface area contributed by atoms with Crippen molar-refractivity contribution in [2.75, 3.05) is 25.1 Å².